The van der Waals surface area contributed by atoms with Gasteiger partial charge in [-0.05, 0) is 32.3 Å². The molecule has 0 bridgehead atoms. The number of hydrogen-bond donors (Lipinski definition) is 2. The summed E-state index contributed by atoms with van der Waals surface area (Å²) in [5.41, 5.74) is 0.881. The summed E-state index contributed by atoms with van der Waals surface area (Å²) in [6, 6.07) is 0.618. The minimum Gasteiger partial charge on any atom is -0.286 e. The van der Waals surface area contributed by atoms with E-state index in [0.29, 0.717) is 35.9 Å². The van der Waals surface area contributed by atoms with Gasteiger partial charge in [0.25, 0.3) is 5.91 Å². The SMILES string of the molecule is Cc1cc(C(=O)NC(=O)[N+]2(C(=O)[C@H](CC3CCCC3)CN(O)C=O)CCC[C@H]2C)n(C)n1. The van der Waals surface area contributed by atoms with Crippen LogP contribution < -0.4 is 5.32 Å². The third-order valence-electron chi connectivity index (χ3n) is 7.07. The molecular formula is C22H34N5O5+. The Hall–Kier alpha value is -2.59. The normalized spacial score (nSPS) is 24.3. The molecule has 0 radical (unpaired) electrons. The van der Waals surface area contributed by atoms with E-state index in [4.69, 9.17) is 0 Å². The fraction of sp³-hybridized carbons (Fsp3) is 0.682. The summed E-state index contributed by atoms with van der Waals surface area (Å²) in [6.45, 7) is 3.72. The first-order valence-corrected chi connectivity index (χ1v) is 11.4. The molecule has 1 saturated heterocycles. The van der Waals surface area contributed by atoms with Gasteiger partial charge in [-0.3, -0.25) is 19.5 Å². The summed E-state index contributed by atoms with van der Waals surface area (Å²) in [6.07, 6.45) is 6.32. The van der Waals surface area contributed by atoms with Crippen molar-refractivity contribution in [1.82, 2.24) is 20.2 Å². The van der Waals surface area contributed by atoms with Gasteiger partial charge >= 0.3 is 11.9 Å². The van der Waals surface area contributed by atoms with Crippen molar-refractivity contribution in [3.8, 4) is 0 Å². The van der Waals surface area contributed by atoms with Gasteiger partial charge < -0.3 is 0 Å². The molecule has 1 saturated carbocycles. The van der Waals surface area contributed by atoms with Crippen LogP contribution in [0.25, 0.3) is 0 Å². The van der Waals surface area contributed by atoms with Crippen LogP contribution in [-0.4, -0.2) is 67.9 Å². The lowest BCUT2D eigenvalue weighted by atomic mass is 9.91. The lowest BCUT2D eigenvalue weighted by Crippen LogP contribution is -2.65. The Labute approximate surface area is 188 Å². The quantitative estimate of drug-likeness (QED) is 0.285. The number of urea groups is 1. The number of imide groups is 2. The topological polar surface area (TPSA) is 122 Å². The molecule has 2 heterocycles. The van der Waals surface area contributed by atoms with Gasteiger partial charge in [-0.2, -0.15) is 9.58 Å². The van der Waals surface area contributed by atoms with Crippen molar-refractivity contribution >= 4 is 24.3 Å². The number of aryl methyl sites for hydroxylation is 2. The first-order chi connectivity index (χ1) is 15.2. The Morgan fingerprint density at radius 3 is 2.53 bits per heavy atom. The highest BCUT2D eigenvalue weighted by Gasteiger charge is 2.55. The van der Waals surface area contributed by atoms with Gasteiger partial charge in [0.05, 0.1) is 24.7 Å². The lowest BCUT2D eigenvalue weighted by Gasteiger charge is -2.36. The summed E-state index contributed by atoms with van der Waals surface area (Å²) in [5, 5.41) is 16.9. The first-order valence-electron chi connectivity index (χ1n) is 11.4. The van der Waals surface area contributed by atoms with Crippen LogP contribution in [0.2, 0.25) is 0 Å². The Bertz CT molecular complexity index is 878. The van der Waals surface area contributed by atoms with Gasteiger partial charge in [0.1, 0.15) is 11.7 Å². The molecule has 1 aromatic heterocycles. The third kappa shape index (κ3) is 4.75. The van der Waals surface area contributed by atoms with Gasteiger partial charge in [0, 0.05) is 19.9 Å². The molecular weight excluding hydrogens is 414 g/mol. The summed E-state index contributed by atoms with van der Waals surface area (Å²) in [7, 11) is 1.62. The number of hydroxylamine groups is 2. The highest BCUT2D eigenvalue weighted by molar-refractivity contribution is 6.03. The Balaban J connectivity index is 1.87. The van der Waals surface area contributed by atoms with Crippen molar-refractivity contribution in [3.63, 3.8) is 0 Å². The van der Waals surface area contributed by atoms with E-state index in [1.165, 1.54) is 4.68 Å². The van der Waals surface area contributed by atoms with Crippen molar-refractivity contribution in [2.24, 2.45) is 18.9 Å². The summed E-state index contributed by atoms with van der Waals surface area (Å²) in [4.78, 5) is 51.2. The predicted octanol–water partition coefficient (Wildman–Crippen LogP) is 2.15. The number of rotatable bonds is 7. The Morgan fingerprint density at radius 2 is 2.00 bits per heavy atom. The van der Waals surface area contributed by atoms with Crippen LogP contribution in [-0.2, 0) is 16.6 Å². The summed E-state index contributed by atoms with van der Waals surface area (Å²) >= 11 is 0. The van der Waals surface area contributed by atoms with Gasteiger partial charge in [-0.25, -0.2) is 20.0 Å². The largest absolute Gasteiger partial charge is 0.431 e. The van der Waals surface area contributed by atoms with Gasteiger partial charge in [-0.15, -0.1) is 0 Å². The second-order valence-electron chi connectivity index (χ2n) is 9.29. The number of nitrogens with zero attached hydrogens (tertiary/aromatic N) is 4. The molecule has 0 aromatic carbocycles. The van der Waals surface area contributed by atoms with Crippen molar-refractivity contribution < 1.29 is 28.9 Å². The first kappa shape index (κ1) is 24.1. The maximum atomic E-state index is 13.9. The molecule has 1 aromatic rings. The average molecular weight is 449 g/mol. The van der Waals surface area contributed by atoms with Crippen molar-refractivity contribution in [2.75, 3.05) is 13.1 Å². The molecule has 2 N–H and O–H groups in total. The molecule has 10 nitrogen and oxygen atoms in total. The van der Waals surface area contributed by atoms with E-state index < -0.39 is 22.3 Å². The maximum absolute atomic E-state index is 13.9. The van der Waals surface area contributed by atoms with E-state index in [1.807, 2.05) is 6.92 Å². The molecule has 32 heavy (non-hydrogen) atoms. The van der Waals surface area contributed by atoms with E-state index >= 15 is 0 Å². The fourth-order valence-corrected chi connectivity index (χ4v) is 5.39. The molecule has 3 rings (SSSR count). The van der Waals surface area contributed by atoms with E-state index in [1.54, 1.807) is 20.0 Å². The second kappa shape index (κ2) is 9.91. The van der Waals surface area contributed by atoms with Crippen LogP contribution in [0.4, 0.5) is 4.79 Å². The summed E-state index contributed by atoms with van der Waals surface area (Å²) < 4.78 is 0.904. The lowest BCUT2D eigenvalue weighted by molar-refractivity contribution is -0.786. The number of quaternary nitrogens is 1. The zero-order valence-electron chi connectivity index (χ0n) is 19.1. The standard InChI is InChI=1S/C22H33N5O5/c1-15-11-19(25(3)24-15)20(29)23-22(31)27(10-6-7-16(27)2)21(30)18(13-26(32)14-28)12-17-8-4-5-9-17/h11,14,16-18,32H,4-10,12-13H2,1-3H3/p+1/t16-,18-,27?/m1/s1. The zero-order chi connectivity index (χ0) is 23.5. The monoisotopic (exact) mass is 448 g/mol. The fourth-order valence-electron chi connectivity index (χ4n) is 5.39. The molecule has 1 unspecified atom stereocenters. The zero-order valence-corrected chi connectivity index (χ0v) is 19.1. The number of carbonyl (C=O) groups excluding carboxylic acids is 4. The van der Waals surface area contributed by atoms with Crippen molar-refractivity contribution in [2.45, 2.75) is 64.8 Å². The average Bonchev–Trinajstić information content (AvgIpc) is 3.47. The van der Waals surface area contributed by atoms with Crippen LogP contribution in [0.5, 0.6) is 0 Å². The van der Waals surface area contributed by atoms with Gasteiger partial charge in [0.2, 0.25) is 6.41 Å². The Kier molecular flexibility index (Phi) is 7.45. The minimum absolute atomic E-state index is 0.159. The van der Waals surface area contributed by atoms with E-state index in [-0.39, 0.29) is 37.1 Å². The van der Waals surface area contributed by atoms with Crippen LogP contribution in [0, 0.1) is 18.8 Å². The highest BCUT2D eigenvalue weighted by atomic mass is 16.5. The molecule has 0 spiro atoms. The summed E-state index contributed by atoms with van der Waals surface area (Å²) in [5.74, 6) is -1.31. The van der Waals surface area contributed by atoms with Gasteiger partial charge in [0.15, 0.2) is 0 Å². The number of likely N-dealkylation sites (tertiary alicyclic amines) is 1. The molecule has 1 aliphatic heterocycles. The molecule has 1 aliphatic carbocycles. The number of aromatic nitrogens is 2. The molecule has 176 valence electrons. The molecule has 3 atom stereocenters. The van der Waals surface area contributed by atoms with Crippen LogP contribution in [0.1, 0.15) is 68.1 Å². The Morgan fingerprint density at radius 1 is 1.31 bits per heavy atom. The van der Waals surface area contributed by atoms with Gasteiger partial charge in [-0.1, -0.05) is 25.7 Å². The molecule has 2 fully saturated rings. The number of hydrogen-bond acceptors (Lipinski definition) is 6. The van der Waals surface area contributed by atoms with Crippen LogP contribution >= 0.6 is 0 Å². The second-order valence-corrected chi connectivity index (χ2v) is 9.29. The van der Waals surface area contributed by atoms with E-state index in [0.717, 1.165) is 25.7 Å². The smallest absolute Gasteiger partial charge is 0.286 e. The molecule has 10 heteroatoms. The third-order valence-corrected chi connectivity index (χ3v) is 7.07. The number of nitrogens with one attached hydrogen (secondary N) is 1. The van der Waals surface area contributed by atoms with Crippen LogP contribution in [0.3, 0.4) is 0 Å². The molecule has 5 amide bonds. The molecule has 2 aliphatic rings. The van der Waals surface area contributed by atoms with Crippen molar-refractivity contribution in [3.05, 3.63) is 17.5 Å². The maximum Gasteiger partial charge on any atom is 0.431 e. The van der Waals surface area contributed by atoms with E-state index in [2.05, 4.69) is 10.4 Å². The van der Waals surface area contributed by atoms with Crippen LogP contribution in [0.15, 0.2) is 6.07 Å². The number of amides is 5. The minimum atomic E-state index is -0.686. The number of carbonyl (C=O) groups is 4. The highest BCUT2D eigenvalue weighted by Crippen LogP contribution is 2.35. The van der Waals surface area contributed by atoms with E-state index in [9.17, 15) is 24.4 Å². The predicted molar refractivity (Wildman–Crippen MR) is 114 cm³/mol. The van der Waals surface area contributed by atoms with Crippen molar-refractivity contribution in [1.29, 1.82) is 0 Å².